The Hall–Kier alpha value is -0.610. The zero-order valence-electron chi connectivity index (χ0n) is 9.35. The molecule has 2 heterocycles. The average Bonchev–Trinajstić information content (AvgIpc) is 2.74. The first kappa shape index (κ1) is 10.9. The van der Waals surface area contributed by atoms with Gasteiger partial charge >= 0.3 is 5.97 Å². The Bertz CT molecular complexity index is 256. The van der Waals surface area contributed by atoms with E-state index in [1.165, 1.54) is 0 Å². The highest BCUT2D eigenvalue weighted by atomic mass is 16.5. The second-order valence-corrected chi connectivity index (χ2v) is 4.73. The third-order valence-electron chi connectivity index (χ3n) is 3.82. The first-order chi connectivity index (χ1) is 7.15. The van der Waals surface area contributed by atoms with Crippen molar-refractivity contribution in [1.82, 2.24) is 4.90 Å². The van der Waals surface area contributed by atoms with Crippen LogP contribution in [0, 0.1) is 5.92 Å². The largest absolute Gasteiger partial charge is 0.481 e. The SMILES string of the molecule is COCC(C)N1C2CCC1C(C(=O)O)C2. The van der Waals surface area contributed by atoms with Crippen molar-refractivity contribution in [3.05, 3.63) is 0 Å². The van der Waals surface area contributed by atoms with Crippen molar-refractivity contribution in [3.8, 4) is 0 Å². The van der Waals surface area contributed by atoms with Crippen LogP contribution in [0.4, 0.5) is 0 Å². The summed E-state index contributed by atoms with van der Waals surface area (Å²) in [7, 11) is 1.70. The van der Waals surface area contributed by atoms with Gasteiger partial charge in [-0.15, -0.1) is 0 Å². The predicted molar refractivity (Wildman–Crippen MR) is 55.7 cm³/mol. The summed E-state index contributed by atoms with van der Waals surface area (Å²) >= 11 is 0. The molecule has 0 radical (unpaired) electrons. The summed E-state index contributed by atoms with van der Waals surface area (Å²) in [5.41, 5.74) is 0. The second kappa shape index (κ2) is 4.10. The van der Waals surface area contributed by atoms with Crippen molar-refractivity contribution >= 4 is 5.97 Å². The van der Waals surface area contributed by atoms with E-state index in [1.807, 2.05) is 0 Å². The number of rotatable bonds is 4. The van der Waals surface area contributed by atoms with E-state index < -0.39 is 5.97 Å². The highest BCUT2D eigenvalue weighted by Gasteiger charge is 2.50. The van der Waals surface area contributed by atoms with Crippen molar-refractivity contribution < 1.29 is 14.6 Å². The van der Waals surface area contributed by atoms with Gasteiger partial charge in [0.25, 0.3) is 0 Å². The fourth-order valence-electron chi connectivity index (χ4n) is 3.31. The van der Waals surface area contributed by atoms with E-state index in [0.29, 0.717) is 18.7 Å². The molecular formula is C11H19NO3. The smallest absolute Gasteiger partial charge is 0.308 e. The van der Waals surface area contributed by atoms with Crippen LogP contribution < -0.4 is 0 Å². The molecular weight excluding hydrogens is 194 g/mol. The minimum atomic E-state index is -0.628. The van der Waals surface area contributed by atoms with Gasteiger partial charge in [0.15, 0.2) is 0 Å². The molecule has 2 aliphatic rings. The van der Waals surface area contributed by atoms with Crippen LogP contribution in [0.5, 0.6) is 0 Å². The van der Waals surface area contributed by atoms with Crippen LogP contribution in [0.25, 0.3) is 0 Å². The molecule has 2 aliphatic heterocycles. The van der Waals surface area contributed by atoms with Gasteiger partial charge in [-0.1, -0.05) is 0 Å². The minimum absolute atomic E-state index is 0.150. The third kappa shape index (κ3) is 1.76. The van der Waals surface area contributed by atoms with Crippen LogP contribution in [0.1, 0.15) is 26.2 Å². The molecule has 0 amide bonds. The van der Waals surface area contributed by atoms with E-state index in [9.17, 15) is 4.79 Å². The number of hydrogen-bond donors (Lipinski definition) is 1. The molecule has 0 aliphatic carbocycles. The molecule has 0 aromatic rings. The van der Waals surface area contributed by atoms with Crippen LogP contribution in [-0.2, 0) is 9.53 Å². The van der Waals surface area contributed by atoms with Gasteiger partial charge in [-0.3, -0.25) is 9.69 Å². The first-order valence-corrected chi connectivity index (χ1v) is 5.64. The number of ether oxygens (including phenoxy) is 1. The lowest BCUT2D eigenvalue weighted by Gasteiger charge is -2.29. The van der Waals surface area contributed by atoms with E-state index in [2.05, 4.69) is 11.8 Å². The second-order valence-electron chi connectivity index (χ2n) is 4.73. The van der Waals surface area contributed by atoms with Crippen LogP contribution in [0.15, 0.2) is 0 Å². The normalized spacial score (nSPS) is 37.1. The molecule has 4 heteroatoms. The van der Waals surface area contributed by atoms with Gasteiger partial charge in [0, 0.05) is 25.2 Å². The van der Waals surface area contributed by atoms with Crippen molar-refractivity contribution in [1.29, 1.82) is 0 Å². The van der Waals surface area contributed by atoms with Crippen LogP contribution in [0.2, 0.25) is 0 Å². The zero-order chi connectivity index (χ0) is 11.0. The molecule has 4 atom stereocenters. The molecule has 86 valence electrons. The fraction of sp³-hybridized carbons (Fsp3) is 0.909. The molecule has 15 heavy (non-hydrogen) atoms. The number of fused-ring (bicyclic) bond motifs is 2. The van der Waals surface area contributed by atoms with Crippen LogP contribution in [-0.4, -0.2) is 47.8 Å². The Kier molecular flexibility index (Phi) is 2.98. The van der Waals surface area contributed by atoms with Crippen LogP contribution in [0.3, 0.4) is 0 Å². The van der Waals surface area contributed by atoms with Crippen molar-refractivity contribution in [2.24, 2.45) is 5.92 Å². The average molecular weight is 213 g/mol. The van der Waals surface area contributed by atoms with E-state index >= 15 is 0 Å². The maximum absolute atomic E-state index is 11.1. The topological polar surface area (TPSA) is 49.8 Å². The van der Waals surface area contributed by atoms with E-state index in [0.717, 1.165) is 19.3 Å². The number of carboxylic acid groups (broad SMARTS) is 1. The van der Waals surface area contributed by atoms with Gasteiger partial charge in [-0.2, -0.15) is 0 Å². The van der Waals surface area contributed by atoms with Crippen molar-refractivity contribution in [2.45, 2.75) is 44.3 Å². The number of hydrogen-bond acceptors (Lipinski definition) is 3. The third-order valence-corrected chi connectivity index (χ3v) is 3.82. The molecule has 4 unspecified atom stereocenters. The maximum atomic E-state index is 11.1. The molecule has 2 rings (SSSR count). The Labute approximate surface area is 90.2 Å². The number of carbonyl (C=O) groups is 1. The van der Waals surface area contributed by atoms with Gasteiger partial charge in [0.2, 0.25) is 0 Å². The summed E-state index contributed by atoms with van der Waals surface area (Å²) in [4.78, 5) is 13.4. The number of nitrogens with zero attached hydrogens (tertiary/aromatic N) is 1. The van der Waals surface area contributed by atoms with Gasteiger partial charge in [0.05, 0.1) is 12.5 Å². The van der Waals surface area contributed by atoms with Gasteiger partial charge in [0.1, 0.15) is 0 Å². The Balaban J connectivity index is 2.06. The quantitative estimate of drug-likeness (QED) is 0.755. The predicted octanol–water partition coefficient (Wildman–Crippen LogP) is 0.959. The maximum Gasteiger partial charge on any atom is 0.308 e. The van der Waals surface area contributed by atoms with Gasteiger partial charge < -0.3 is 9.84 Å². The summed E-state index contributed by atoms with van der Waals surface area (Å²) in [6.45, 7) is 2.82. The minimum Gasteiger partial charge on any atom is -0.481 e. The Morgan fingerprint density at radius 2 is 2.33 bits per heavy atom. The summed E-state index contributed by atoms with van der Waals surface area (Å²) in [6, 6.07) is 1.07. The number of methoxy groups -OCH3 is 1. The fourth-order valence-corrected chi connectivity index (χ4v) is 3.31. The highest BCUT2D eigenvalue weighted by Crippen LogP contribution is 2.42. The molecule has 2 saturated heterocycles. The van der Waals surface area contributed by atoms with E-state index in [-0.39, 0.29) is 12.0 Å². The van der Waals surface area contributed by atoms with E-state index in [1.54, 1.807) is 7.11 Å². The number of carboxylic acids is 1. The van der Waals surface area contributed by atoms with Crippen molar-refractivity contribution in [2.75, 3.05) is 13.7 Å². The summed E-state index contributed by atoms with van der Waals surface area (Å²) in [6.07, 6.45) is 3.02. The lowest BCUT2D eigenvalue weighted by molar-refractivity contribution is -0.142. The standard InChI is InChI=1S/C11H19NO3/c1-7(6-15-2)12-8-3-4-10(12)9(5-8)11(13)14/h7-10H,3-6H2,1-2H3,(H,13,14). The van der Waals surface area contributed by atoms with Crippen molar-refractivity contribution in [3.63, 3.8) is 0 Å². The molecule has 0 aromatic carbocycles. The molecule has 0 aromatic heterocycles. The molecule has 1 N–H and O–H groups in total. The number of aliphatic carboxylic acids is 1. The molecule has 0 spiro atoms. The Morgan fingerprint density at radius 3 is 2.87 bits per heavy atom. The molecule has 4 nitrogen and oxygen atoms in total. The first-order valence-electron chi connectivity index (χ1n) is 5.64. The molecule has 2 fully saturated rings. The summed E-state index contributed by atoms with van der Waals surface area (Å²) in [5, 5.41) is 9.11. The Morgan fingerprint density at radius 1 is 1.60 bits per heavy atom. The van der Waals surface area contributed by atoms with Crippen LogP contribution >= 0.6 is 0 Å². The summed E-state index contributed by atoms with van der Waals surface area (Å²) in [5.74, 6) is -0.778. The van der Waals surface area contributed by atoms with Gasteiger partial charge in [-0.25, -0.2) is 0 Å². The molecule has 2 bridgehead atoms. The molecule has 0 saturated carbocycles. The van der Waals surface area contributed by atoms with E-state index in [4.69, 9.17) is 9.84 Å². The van der Waals surface area contributed by atoms with Gasteiger partial charge in [-0.05, 0) is 26.2 Å². The lowest BCUT2D eigenvalue weighted by atomic mass is 9.89. The zero-order valence-corrected chi connectivity index (χ0v) is 9.35. The highest BCUT2D eigenvalue weighted by molar-refractivity contribution is 5.71. The summed E-state index contributed by atoms with van der Waals surface area (Å²) < 4.78 is 5.15. The monoisotopic (exact) mass is 213 g/mol. The lowest BCUT2D eigenvalue weighted by Crippen LogP contribution is -2.41.